The van der Waals surface area contributed by atoms with Crippen molar-refractivity contribution >= 4 is 5.91 Å². The zero-order chi connectivity index (χ0) is 13.8. The summed E-state index contributed by atoms with van der Waals surface area (Å²) in [4.78, 5) is 13.7. The highest BCUT2D eigenvalue weighted by molar-refractivity contribution is 5.76. The fourth-order valence-electron chi connectivity index (χ4n) is 2.48. The average molecular weight is 255 g/mol. The van der Waals surface area contributed by atoms with E-state index < -0.39 is 0 Å². The highest BCUT2D eigenvalue weighted by Crippen LogP contribution is 2.44. The van der Waals surface area contributed by atoms with Gasteiger partial charge in [0.05, 0.1) is 13.2 Å². The van der Waals surface area contributed by atoms with Gasteiger partial charge in [0.25, 0.3) is 0 Å². The Hall–Kier alpha value is -0.870. The third kappa shape index (κ3) is 3.33. The van der Waals surface area contributed by atoms with Gasteiger partial charge in [0.1, 0.15) is 0 Å². The first-order valence-corrected chi connectivity index (χ1v) is 6.60. The number of nitrogens with zero attached hydrogens (tertiary/aromatic N) is 1. The van der Waals surface area contributed by atoms with Crippen LogP contribution in [0.15, 0.2) is 11.6 Å². The van der Waals surface area contributed by atoms with Gasteiger partial charge >= 0.3 is 0 Å². The van der Waals surface area contributed by atoms with Crippen LogP contribution in [0.4, 0.5) is 0 Å². The van der Waals surface area contributed by atoms with Crippen LogP contribution < -0.4 is 0 Å². The summed E-state index contributed by atoms with van der Waals surface area (Å²) in [5.41, 5.74) is 1.41. The molecule has 0 spiro atoms. The fourth-order valence-corrected chi connectivity index (χ4v) is 2.48. The molecule has 0 fully saturated rings. The zero-order valence-corrected chi connectivity index (χ0v) is 11.6. The molecule has 0 heterocycles. The van der Waals surface area contributed by atoms with Crippen LogP contribution in [-0.4, -0.2) is 47.3 Å². The normalized spacial score (nSPS) is 21.8. The average Bonchev–Trinajstić information content (AvgIpc) is 2.55. The van der Waals surface area contributed by atoms with E-state index in [4.69, 9.17) is 10.2 Å². The molecule has 0 aromatic heterocycles. The summed E-state index contributed by atoms with van der Waals surface area (Å²) in [6, 6.07) is 0. The second-order valence-electron chi connectivity index (χ2n) is 5.57. The van der Waals surface area contributed by atoms with Gasteiger partial charge in [0, 0.05) is 19.5 Å². The topological polar surface area (TPSA) is 60.8 Å². The summed E-state index contributed by atoms with van der Waals surface area (Å²) >= 11 is 0. The lowest BCUT2D eigenvalue weighted by Crippen LogP contribution is -2.38. The molecular weight excluding hydrogens is 230 g/mol. The molecular formula is C14H25NO3. The zero-order valence-electron chi connectivity index (χ0n) is 11.6. The second kappa shape index (κ2) is 6.34. The van der Waals surface area contributed by atoms with Crippen LogP contribution in [0.1, 0.15) is 33.6 Å². The molecule has 18 heavy (non-hydrogen) atoms. The molecule has 0 radical (unpaired) electrons. The Morgan fingerprint density at radius 2 is 1.94 bits per heavy atom. The summed E-state index contributed by atoms with van der Waals surface area (Å²) in [6.45, 7) is 6.95. The van der Waals surface area contributed by atoms with Gasteiger partial charge in [-0.05, 0) is 24.7 Å². The molecule has 1 amide bonds. The third-order valence-electron chi connectivity index (χ3n) is 4.26. The molecule has 0 unspecified atom stereocenters. The summed E-state index contributed by atoms with van der Waals surface area (Å²) < 4.78 is 0. The molecule has 0 aromatic rings. The predicted octanol–water partition coefficient (Wildman–Crippen LogP) is 1.18. The maximum atomic E-state index is 12.2. The van der Waals surface area contributed by atoms with E-state index in [0.29, 0.717) is 25.4 Å². The molecule has 1 aliphatic carbocycles. The van der Waals surface area contributed by atoms with Crippen LogP contribution in [0.5, 0.6) is 0 Å². The van der Waals surface area contributed by atoms with Gasteiger partial charge in [-0.1, -0.05) is 25.5 Å². The van der Waals surface area contributed by atoms with Gasteiger partial charge in [-0.3, -0.25) is 4.79 Å². The van der Waals surface area contributed by atoms with Crippen molar-refractivity contribution < 1.29 is 15.0 Å². The number of hydrogen-bond donors (Lipinski definition) is 2. The number of rotatable bonds is 6. The summed E-state index contributed by atoms with van der Waals surface area (Å²) in [5, 5.41) is 17.9. The van der Waals surface area contributed by atoms with Gasteiger partial charge in [-0.25, -0.2) is 0 Å². The van der Waals surface area contributed by atoms with Gasteiger partial charge < -0.3 is 15.1 Å². The minimum atomic E-state index is -0.0585. The number of allylic oxidation sites excluding steroid dienone is 2. The third-order valence-corrected chi connectivity index (χ3v) is 4.26. The number of carbonyl (C=O) groups excluding carboxylic acids is 1. The van der Waals surface area contributed by atoms with Crippen LogP contribution in [0.25, 0.3) is 0 Å². The highest BCUT2D eigenvalue weighted by atomic mass is 16.3. The number of aliphatic hydroxyl groups is 2. The molecule has 104 valence electrons. The summed E-state index contributed by atoms with van der Waals surface area (Å²) in [6.07, 6.45) is 3.64. The summed E-state index contributed by atoms with van der Waals surface area (Å²) in [5.74, 6) is 0.351. The van der Waals surface area contributed by atoms with Crippen LogP contribution in [-0.2, 0) is 4.79 Å². The lowest BCUT2D eigenvalue weighted by Gasteiger charge is -2.31. The fraction of sp³-hybridized carbons (Fsp3) is 0.786. The molecule has 0 aromatic carbocycles. The molecule has 1 aliphatic rings. The lowest BCUT2D eigenvalue weighted by atomic mass is 9.76. The maximum Gasteiger partial charge on any atom is 0.223 e. The van der Waals surface area contributed by atoms with Gasteiger partial charge in [0.15, 0.2) is 0 Å². The standard InChI is InChI=1S/C14H25NO3/c1-11-4-5-12(14(11,2)3)10-13(18)15(6-8-16)7-9-17/h4,12,16-17H,5-10H2,1-3H3/t12-/m1/s1. The van der Waals surface area contributed by atoms with E-state index in [0.717, 1.165) is 6.42 Å². The van der Waals surface area contributed by atoms with Gasteiger partial charge in [-0.15, -0.1) is 0 Å². The molecule has 0 aliphatic heterocycles. The second-order valence-corrected chi connectivity index (χ2v) is 5.57. The maximum absolute atomic E-state index is 12.2. The van der Waals surface area contributed by atoms with Crippen LogP contribution in [0.2, 0.25) is 0 Å². The number of carbonyl (C=O) groups is 1. The molecule has 2 N–H and O–H groups in total. The van der Waals surface area contributed by atoms with Crippen LogP contribution in [0.3, 0.4) is 0 Å². The smallest absolute Gasteiger partial charge is 0.223 e. The first-order chi connectivity index (χ1) is 8.43. The molecule has 4 nitrogen and oxygen atoms in total. The largest absolute Gasteiger partial charge is 0.395 e. The monoisotopic (exact) mass is 255 g/mol. The molecule has 0 saturated heterocycles. The Morgan fingerprint density at radius 1 is 1.39 bits per heavy atom. The summed E-state index contributed by atoms with van der Waals surface area (Å²) in [7, 11) is 0. The van der Waals surface area contributed by atoms with Crippen molar-refractivity contribution in [1.82, 2.24) is 4.90 Å². The Kier molecular flexibility index (Phi) is 5.35. The van der Waals surface area contributed by atoms with Crippen molar-refractivity contribution in [2.75, 3.05) is 26.3 Å². The first-order valence-electron chi connectivity index (χ1n) is 6.60. The molecule has 1 atom stereocenters. The molecule has 0 bridgehead atoms. The van der Waals surface area contributed by atoms with E-state index in [1.165, 1.54) is 5.57 Å². The van der Waals surface area contributed by atoms with E-state index in [1.807, 2.05) is 0 Å². The van der Waals surface area contributed by atoms with Crippen molar-refractivity contribution in [1.29, 1.82) is 0 Å². The Balaban J connectivity index is 2.59. The van der Waals surface area contributed by atoms with Gasteiger partial charge in [-0.2, -0.15) is 0 Å². The van der Waals surface area contributed by atoms with Crippen molar-refractivity contribution in [2.45, 2.75) is 33.6 Å². The van der Waals surface area contributed by atoms with Crippen LogP contribution in [0, 0.1) is 11.3 Å². The van der Waals surface area contributed by atoms with E-state index in [9.17, 15) is 4.79 Å². The molecule has 1 rings (SSSR count). The highest BCUT2D eigenvalue weighted by Gasteiger charge is 2.36. The number of hydrogen-bond acceptors (Lipinski definition) is 3. The van der Waals surface area contributed by atoms with Crippen LogP contribution >= 0.6 is 0 Å². The van der Waals surface area contributed by atoms with Crippen molar-refractivity contribution in [3.05, 3.63) is 11.6 Å². The molecule has 0 saturated carbocycles. The van der Waals surface area contributed by atoms with E-state index in [1.54, 1.807) is 4.90 Å². The van der Waals surface area contributed by atoms with Gasteiger partial charge in [0.2, 0.25) is 5.91 Å². The minimum Gasteiger partial charge on any atom is -0.395 e. The van der Waals surface area contributed by atoms with Crippen molar-refractivity contribution in [2.24, 2.45) is 11.3 Å². The predicted molar refractivity (Wildman–Crippen MR) is 71.0 cm³/mol. The lowest BCUT2D eigenvalue weighted by molar-refractivity contribution is -0.133. The van der Waals surface area contributed by atoms with E-state index >= 15 is 0 Å². The Labute approximate surface area is 109 Å². The number of aliphatic hydroxyl groups excluding tert-OH is 2. The molecule has 4 heteroatoms. The number of amides is 1. The van der Waals surface area contributed by atoms with E-state index in [-0.39, 0.29) is 24.5 Å². The Morgan fingerprint density at radius 3 is 2.33 bits per heavy atom. The van der Waals surface area contributed by atoms with Crippen molar-refractivity contribution in [3.63, 3.8) is 0 Å². The van der Waals surface area contributed by atoms with E-state index in [2.05, 4.69) is 26.8 Å². The minimum absolute atomic E-state index is 0.0271. The quantitative estimate of drug-likeness (QED) is 0.701. The SMILES string of the molecule is CC1=CC[C@H](CC(=O)N(CCO)CCO)C1(C)C. The Bertz CT molecular complexity index is 317. The van der Waals surface area contributed by atoms with Crippen molar-refractivity contribution in [3.8, 4) is 0 Å². The first kappa shape index (κ1) is 15.2.